The van der Waals surface area contributed by atoms with Crippen molar-refractivity contribution in [3.05, 3.63) is 40.6 Å². The van der Waals surface area contributed by atoms with Crippen LogP contribution in [0.3, 0.4) is 0 Å². The van der Waals surface area contributed by atoms with E-state index in [0.29, 0.717) is 10.9 Å². The number of carbonyl (C=O) groups is 1. The first-order valence-electron chi connectivity index (χ1n) is 6.28. The number of nitrogens with zero attached hydrogens (tertiary/aromatic N) is 2. The third-order valence-electron chi connectivity index (χ3n) is 2.92. The topological polar surface area (TPSA) is 82.3 Å². The van der Waals surface area contributed by atoms with E-state index < -0.39 is 4.92 Å². The first-order valence-corrected chi connectivity index (χ1v) is 7.16. The molecule has 0 aliphatic heterocycles. The Kier molecular flexibility index (Phi) is 4.74. The molecule has 1 atom stereocenters. The molecule has 2 rings (SSSR count). The van der Waals surface area contributed by atoms with Crippen molar-refractivity contribution in [3.8, 4) is 0 Å². The summed E-state index contributed by atoms with van der Waals surface area (Å²) in [5.41, 5.74) is 0.341. The number of aromatic nitrogens is 1. The minimum atomic E-state index is -0.443. The van der Waals surface area contributed by atoms with Gasteiger partial charge in [-0.1, -0.05) is 6.92 Å². The van der Waals surface area contributed by atoms with E-state index in [1.807, 2.05) is 6.92 Å². The van der Waals surface area contributed by atoms with Gasteiger partial charge in [0, 0.05) is 27.8 Å². The van der Waals surface area contributed by atoms with Crippen LogP contribution < -0.4 is 0 Å². The van der Waals surface area contributed by atoms with Gasteiger partial charge in [-0.05, 0) is 18.2 Å². The van der Waals surface area contributed by atoms with E-state index in [4.69, 9.17) is 0 Å². The molecular formula is C14H14N2O4S. The van der Waals surface area contributed by atoms with E-state index in [9.17, 15) is 14.9 Å². The van der Waals surface area contributed by atoms with Crippen LogP contribution >= 0.6 is 11.8 Å². The molecule has 1 heterocycles. The van der Waals surface area contributed by atoms with Crippen LogP contribution in [0.1, 0.15) is 13.3 Å². The van der Waals surface area contributed by atoms with Crippen molar-refractivity contribution >= 4 is 34.3 Å². The third kappa shape index (κ3) is 3.49. The molecule has 0 N–H and O–H groups in total. The Hall–Kier alpha value is -2.15. The standard InChI is InChI=1S/C14H14N2O4S/c1-9(8-13(17)20-2)21-12-6-5-11(16(18)19)14-10(12)4-3-7-15-14/h3-7,9H,8H2,1-2H3. The zero-order chi connectivity index (χ0) is 15.4. The lowest BCUT2D eigenvalue weighted by Crippen LogP contribution is -2.08. The third-order valence-corrected chi connectivity index (χ3v) is 4.09. The highest BCUT2D eigenvalue weighted by atomic mass is 32.2. The van der Waals surface area contributed by atoms with Gasteiger partial charge in [0.25, 0.3) is 5.69 Å². The molecule has 0 spiro atoms. The molecule has 21 heavy (non-hydrogen) atoms. The Morgan fingerprint density at radius 3 is 2.90 bits per heavy atom. The molecule has 0 amide bonds. The normalized spacial score (nSPS) is 12.1. The minimum Gasteiger partial charge on any atom is -0.469 e. The fraction of sp³-hybridized carbons (Fsp3) is 0.286. The zero-order valence-electron chi connectivity index (χ0n) is 11.6. The number of hydrogen-bond acceptors (Lipinski definition) is 6. The highest BCUT2D eigenvalue weighted by Gasteiger charge is 2.18. The van der Waals surface area contributed by atoms with Crippen LogP contribution in [0.4, 0.5) is 5.69 Å². The SMILES string of the molecule is COC(=O)CC(C)Sc1ccc([N+](=O)[O-])c2ncccc12. The van der Waals surface area contributed by atoms with Crippen molar-refractivity contribution in [2.24, 2.45) is 0 Å². The molecule has 1 aromatic heterocycles. The number of methoxy groups -OCH3 is 1. The Morgan fingerprint density at radius 1 is 1.48 bits per heavy atom. The van der Waals surface area contributed by atoms with Gasteiger partial charge < -0.3 is 4.74 Å². The van der Waals surface area contributed by atoms with Crippen LogP contribution in [0.25, 0.3) is 10.9 Å². The molecule has 0 saturated heterocycles. The van der Waals surface area contributed by atoms with Gasteiger partial charge in [-0.2, -0.15) is 0 Å². The highest BCUT2D eigenvalue weighted by Crippen LogP contribution is 2.35. The van der Waals surface area contributed by atoms with Crippen LogP contribution in [0.15, 0.2) is 35.4 Å². The first-order chi connectivity index (χ1) is 10.0. The summed E-state index contributed by atoms with van der Waals surface area (Å²) in [6.45, 7) is 1.91. The van der Waals surface area contributed by atoms with Gasteiger partial charge in [-0.25, -0.2) is 4.98 Å². The van der Waals surface area contributed by atoms with Gasteiger partial charge in [-0.15, -0.1) is 11.8 Å². The number of nitro benzene ring substituents is 1. The van der Waals surface area contributed by atoms with Gasteiger partial charge >= 0.3 is 5.97 Å². The molecule has 0 aliphatic rings. The van der Waals surface area contributed by atoms with Crippen molar-refractivity contribution in [3.63, 3.8) is 0 Å². The molecule has 0 saturated carbocycles. The second-order valence-corrected chi connectivity index (χ2v) is 5.93. The smallest absolute Gasteiger partial charge is 0.306 e. The number of esters is 1. The predicted molar refractivity (Wildman–Crippen MR) is 80.3 cm³/mol. The maximum Gasteiger partial charge on any atom is 0.306 e. The lowest BCUT2D eigenvalue weighted by atomic mass is 10.2. The fourth-order valence-corrected chi connectivity index (χ4v) is 3.05. The number of benzene rings is 1. The second-order valence-electron chi connectivity index (χ2n) is 4.45. The van der Waals surface area contributed by atoms with Crippen molar-refractivity contribution < 1.29 is 14.5 Å². The van der Waals surface area contributed by atoms with E-state index in [1.165, 1.54) is 31.1 Å². The highest BCUT2D eigenvalue weighted by molar-refractivity contribution is 8.00. The number of ether oxygens (including phenoxy) is 1. The summed E-state index contributed by atoms with van der Waals surface area (Å²) in [7, 11) is 1.35. The summed E-state index contributed by atoms with van der Waals surface area (Å²) < 4.78 is 4.64. The van der Waals surface area contributed by atoms with Gasteiger partial charge in [0.2, 0.25) is 0 Å². The lowest BCUT2D eigenvalue weighted by molar-refractivity contribution is -0.383. The number of rotatable bonds is 5. The average Bonchev–Trinajstić information content (AvgIpc) is 2.47. The summed E-state index contributed by atoms with van der Waals surface area (Å²) in [4.78, 5) is 26.8. The number of nitro groups is 1. The zero-order valence-corrected chi connectivity index (χ0v) is 12.4. The molecule has 1 unspecified atom stereocenters. The molecule has 1 aromatic carbocycles. The van der Waals surface area contributed by atoms with E-state index in [1.54, 1.807) is 18.2 Å². The molecule has 7 heteroatoms. The number of pyridine rings is 1. The molecule has 6 nitrogen and oxygen atoms in total. The van der Waals surface area contributed by atoms with Crippen LogP contribution in [-0.4, -0.2) is 28.2 Å². The Balaban J connectivity index is 2.35. The Labute approximate surface area is 125 Å². The van der Waals surface area contributed by atoms with Gasteiger partial charge in [0.1, 0.15) is 5.52 Å². The molecular weight excluding hydrogens is 292 g/mol. The summed E-state index contributed by atoms with van der Waals surface area (Å²) >= 11 is 1.47. The molecule has 2 aromatic rings. The number of non-ortho nitro benzene ring substituents is 1. The lowest BCUT2D eigenvalue weighted by Gasteiger charge is -2.11. The number of thioether (sulfide) groups is 1. The van der Waals surface area contributed by atoms with Gasteiger partial charge in [0.05, 0.1) is 18.5 Å². The second kappa shape index (κ2) is 6.53. The fourth-order valence-electron chi connectivity index (χ4n) is 1.96. The Morgan fingerprint density at radius 2 is 2.24 bits per heavy atom. The molecule has 0 bridgehead atoms. The summed E-state index contributed by atoms with van der Waals surface area (Å²) in [6, 6.07) is 6.67. The summed E-state index contributed by atoms with van der Waals surface area (Å²) in [6.07, 6.45) is 1.81. The maximum atomic E-state index is 11.3. The number of hydrogen-bond donors (Lipinski definition) is 0. The predicted octanol–water partition coefficient (Wildman–Crippen LogP) is 3.19. The number of carbonyl (C=O) groups excluding carboxylic acids is 1. The van der Waals surface area contributed by atoms with Gasteiger partial charge in [-0.3, -0.25) is 14.9 Å². The monoisotopic (exact) mass is 306 g/mol. The molecule has 0 radical (unpaired) electrons. The van der Waals surface area contributed by atoms with E-state index in [0.717, 1.165) is 4.90 Å². The van der Waals surface area contributed by atoms with E-state index in [-0.39, 0.29) is 23.3 Å². The quantitative estimate of drug-likeness (QED) is 0.365. The van der Waals surface area contributed by atoms with E-state index in [2.05, 4.69) is 9.72 Å². The van der Waals surface area contributed by atoms with Crippen LogP contribution in [-0.2, 0) is 9.53 Å². The maximum absolute atomic E-state index is 11.3. The van der Waals surface area contributed by atoms with Crippen molar-refractivity contribution in [2.75, 3.05) is 7.11 Å². The largest absolute Gasteiger partial charge is 0.469 e. The van der Waals surface area contributed by atoms with Gasteiger partial charge in [0.15, 0.2) is 0 Å². The Bertz CT molecular complexity index is 690. The summed E-state index contributed by atoms with van der Waals surface area (Å²) in [5.74, 6) is -0.278. The molecule has 0 fully saturated rings. The van der Waals surface area contributed by atoms with Crippen molar-refractivity contribution in [2.45, 2.75) is 23.5 Å². The summed E-state index contributed by atoms with van der Waals surface area (Å²) in [5, 5.41) is 11.7. The van der Waals surface area contributed by atoms with E-state index >= 15 is 0 Å². The average molecular weight is 306 g/mol. The van der Waals surface area contributed by atoms with Crippen LogP contribution in [0, 0.1) is 10.1 Å². The van der Waals surface area contributed by atoms with Crippen molar-refractivity contribution in [1.29, 1.82) is 0 Å². The molecule has 0 aliphatic carbocycles. The van der Waals surface area contributed by atoms with Crippen LogP contribution in [0.5, 0.6) is 0 Å². The number of fused-ring (bicyclic) bond motifs is 1. The minimum absolute atomic E-state index is 0.00214. The first kappa shape index (κ1) is 15.2. The molecule has 110 valence electrons. The van der Waals surface area contributed by atoms with Crippen molar-refractivity contribution in [1.82, 2.24) is 4.98 Å². The van der Waals surface area contributed by atoms with Crippen LogP contribution in [0.2, 0.25) is 0 Å².